The number of carbonyl (C=O) groups excluding carboxylic acids is 2. The van der Waals surface area contributed by atoms with Crippen LogP contribution in [0.25, 0.3) is 0 Å². The minimum atomic E-state index is -0.600. The molecule has 0 heterocycles. The Morgan fingerprint density at radius 3 is 2.50 bits per heavy atom. The summed E-state index contributed by atoms with van der Waals surface area (Å²) >= 11 is 11.8. The molecule has 0 saturated heterocycles. The number of esters is 1. The number of benzene rings is 2. The first-order valence-electron chi connectivity index (χ1n) is 8.30. The van der Waals surface area contributed by atoms with E-state index in [2.05, 4.69) is 10.6 Å². The van der Waals surface area contributed by atoms with Gasteiger partial charge in [-0.25, -0.2) is 4.79 Å². The number of hydrogen-bond acceptors (Lipinski definition) is 5. The highest BCUT2D eigenvalue weighted by molar-refractivity contribution is 6.36. The van der Waals surface area contributed by atoms with Crippen LogP contribution in [0.5, 0.6) is 0 Å². The quantitative estimate of drug-likeness (QED) is 0.397. The fraction of sp³-hybridized carbons (Fsp3) is 0.150. The van der Waals surface area contributed by atoms with Crippen LogP contribution in [0, 0.1) is 11.3 Å². The zero-order valence-electron chi connectivity index (χ0n) is 15.0. The molecule has 2 aromatic carbocycles. The number of nitriles is 1. The number of hydrogen-bond donors (Lipinski definition) is 2. The summed E-state index contributed by atoms with van der Waals surface area (Å²) in [5.41, 5.74) is 1.56. The average Bonchev–Trinajstić information content (AvgIpc) is 2.68. The lowest BCUT2D eigenvalue weighted by molar-refractivity contribution is -0.112. The lowest BCUT2D eigenvalue weighted by Gasteiger charge is -2.07. The molecule has 0 atom stereocenters. The van der Waals surface area contributed by atoms with Crippen LogP contribution < -0.4 is 10.6 Å². The molecule has 1 amide bonds. The van der Waals surface area contributed by atoms with Gasteiger partial charge >= 0.3 is 5.97 Å². The van der Waals surface area contributed by atoms with Gasteiger partial charge < -0.3 is 15.4 Å². The van der Waals surface area contributed by atoms with Crippen LogP contribution >= 0.6 is 23.2 Å². The maximum Gasteiger partial charge on any atom is 0.338 e. The monoisotopic (exact) mass is 417 g/mol. The first-order valence-corrected chi connectivity index (χ1v) is 9.06. The lowest BCUT2D eigenvalue weighted by Crippen LogP contribution is -2.17. The Morgan fingerprint density at radius 1 is 1.18 bits per heavy atom. The smallest absolute Gasteiger partial charge is 0.338 e. The van der Waals surface area contributed by atoms with Crippen molar-refractivity contribution < 1.29 is 14.3 Å². The molecular weight excluding hydrogens is 401 g/mol. The van der Waals surface area contributed by atoms with Gasteiger partial charge in [0.25, 0.3) is 5.91 Å². The van der Waals surface area contributed by atoms with Crippen molar-refractivity contribution in [3.63, 3.8) is 0 Å². The van der Waals surface area contributed by atoms with Gasteiger partial charge in [0.2, 0.25) is 0 Å². The van der Waals surface area contributed by atoms with E-state index in [0.717, 1.165) is 5.56 Å². The Hall–Kier alpha value is -3.01. The molecule has 6 nitrogen and oxygen atoms in total. The Labute approximate surface area is 172 Å². The topological polar surface area (TPSA) is 91.2 Å². The molecular formula is C20H17Cl2N3O3. The summed E-state index contributed by atoms with van der Waals surface area (Å²) in [6.45, 7) is 2.42. The van der Waals surface area contributed by atoms with Crippen molar-refractivity contribution in [2.45, 2.75) is 13.5 Å². The lowest BCUT2D eigenvalue weighted by atomic mass is 10.1. The SMILES string of the molecule is CCOC(=O)c1ccc(CN/C=C(/C#N)C(=O)Nc2ccc(Cl)cc2Cl)cc1. The van der Waals surface area contributed by atoms with Gasteiger partial charge in [0.15, 0.2) is 0 Å². The average molecular weight is 418 g/mol. The van der Waals surface area contributed by atoms with Gasteiger partial charge in [0.1, 0.15) is 11.6 Å². The number of anilines is 1. The molecule has 0 aliphatic carbocycles. The van der Waals surface area contributed by atoms with E-state index in [9.17, 15) is 14.9 Å². The van der Waals surface area contributed by atoms with E-state index in [4.69, 9.17) is 27.9 Å². The molecule has 0 spiro atoms. The number of rotatable bonds is 7. The van der Waals surface area contributed by atoms with Crippen molar-refractivity contribution in [3.05, 3.63) is 75.4 Å². The van der Waals surface area contributed by atoms with Gasteiger partial charge in [-0.15, -0.1) is 0 Å². The Morgan fingerprint density at radius 2 is 1.89 bits per heavy atom. The van der Waals surface area contributed by atoms with Crippen LogP contribution in [0.4, 0.5) is 5.69 Å². The van der Waals surface area contributed by atoms with Crippen LogP contribution in [-0.4, -0.2) is 18.5 Å². The molecule has 0 bridgehead atoms. The van der Waals surface area contributed by atoms with E-state index in [1.807, 2.05) is 6.07 Å². The number of nitrogens with one attached hydrogen (secondary N) is 2. The van der Waals surface area contributed by atoms with Crippen LogP contribution in [-0.2, 0) is 16.1 Å². The number of amides is 1. The van der Waals surface area contributed by atoms with E-state index >= 15 is 0 Å². The summed E-state index contributed by atoms with van der Waals surface area (Å²) in [5, 5.41) is 15.4. The third-order valence-electron chi connectivity index (χ3n) is 3.56. The maximum absolute atomic E-state index is 12.2. The molecule has 0 radical (unpaired) electrons. The molecule has 2 N–H and O–H groups in total. The fourth-order valence-corrected chi connectivity index (χ4v) is 2.63. The highest BCUT2D eigenvalue weighted by Crippen LogP contribution is 2.25. The minimum absolute atomic E-state index is 0.117. The van der Waals surface area contributed by atoms with Gasteiger partial charge in [-0.2, -0.15) is 5.26 Å². The molecule has 2 aromatic rings. The zero-order chi connectivity index (χ0) is 20.5. The van der Waals surface area contributed by atoms with Gasteiger partial charge in [-0.05, 0) is 42.8 Å². The zero-order valence-corrected chi connectivity index (χ0v) is 16.5. The number of halogens is 2. The van der Waals surface area contributed by atoms with Crippen molar-refractivity contribution in [3.8, 4) is 6.07 Å². The molecule has 144 valence electrons. The summed E-state index contributed by atoms with van der Waals surface area (Å²) in [4.78, 5) is 23.8. The van der Waals surface area contributed by atoms with E-state index in [1.54, 1.807) is 43.3 Å². The normalized spacial score (nSPS) is 10.7. The minimum Gasteiger partial charge on any atom is -0.462 e. The maximum atomic E-state index is 12.2. The summed E-state index contributed by atoms with van der Waals surface area (Å²) in [5.74, 6) is -0.983. The highest BCUT2D eigenvalue weighted by Gasteiger charge is 2.11. The fourth-order valence-electron chi connectivity index (χ4n) is 2.17. The molecule has 28 heavy (non-hydrogen) atoms. The third-order valence-corrected chi connectivity index (χ3v) is 4.11. The van der Waals surface area contributed by atoms with Crippen LogP contribution in [0.1, 0.15) is 22.8 Å². The Balaban J connectivity index is 1.96. The van der Waals surface area contributed by atoms with Crippen LogP contribution in [0.2, 0.25) is 10.0 Å². The molecule has 8 heteroatoms. The molecule has 0 unspecified atom stereocenters. The first kappa shape index (κ1) is 21.3. The van der Waals surface area contributed by atoms with Gasteiger partial charge in [0, 0.05) is 17.8 Å². The number of nitrogens with zero attached hydrogens (tertiary/aromatic N) is 1. The van der Waals surface area contributed by atoms with E-state index in [1.165, 1.54) is 12.3 Å². The number of ether oxygens (including phenoxy) is 1. The Bertz CT molecular complexity index is 935. The van der Waals surface area contributed by atoms with E-state index < -0.39 is 5.91 Å². The molecule has 0 fully saturated rings. The molecule has 0 aliphatic heterocycles. The largest absolute Gasteiger partial charge is 0.462 e. The van der Waals surface area contributed by atoms with Crippen molar-refractivity contribution in [1.29, 1.82) is 5.26 Å². The predicted molar refractivity (Wildman–Crippen MR) is 108 cm³/mol. The highest BCUT2D eigenvalue weighted by atomic mass is 35.5. The van der Waals surface area contributed by atoms with E-state index in [0.29, 0.717) is 29.4 Å². The second-order valence-corrected chi connectivity index (χ2v) is 6.39. The molecule has 0 aliphatic rings. The van der Waals surface area contributed by atoms with Crippen LogP contribution in [0.3, 0.4) is 0 Å². The van der Waals surface area contributed by atoms with Crippen LogP contribution in [0.15, 0.2) is 54.2 Å². The second kappa shape index (κ2) is 10.4. The van der Waals surface area contributed by atoms with Gasteiger partial charge in [-0.1, -0.05) is 35.3 Å². The summed E-state index contributed by atoms with van der Waals surface area (Å²) in [6.07, 6.45) is 1.32. The molecule has 2 rings (SSSR count). The number of carbonyl (C=O) groups is 2. The summed E-state index contributed by atoms with van der Waals surface area (Å²) in [6, 6.07) is 13.3. The van der Waals surface area contributed by atoms with Crippen molar-refractivity contribution in [1.82, 2.24) is 5.32 Å². The third kappa shape index (κ3) is 6.02. The predicted octanol–water partition coefficient (Wildman–Crippen LogP) is 4.31. The Kier molecular flexibility index (Phi) is 7.88. The standard InChI is InChI=1S/C20H17Cl2N3O3/c1-2-28-20(27)14-5-3-13(4-6-14)11-24-12-15(10-23)19(26)25-18-8-7-16(21)9-17(18)22/h3-9,12,24H,2,11H2,1H3,(H,25,26)/b15-12-. The van der Waals surface area contributed by atoms with Crippen molar-refractivity contribution >= 4 is 40.8 Å². The van der Waals surface area contributed by atoms with Gasteiger partial charge in [-0.3, -0.25) is 4.79 Å². The van der Waals surface area contributed by atoms with E-state index in [-0.39, 0.29) is 16.6 Å². The van der Waals surface area contributed by atoms with Gasteiger partial charge in [0.05, 0.1) is 22.9 Å². The summed E-state index contributed by atoms with van der Waals surface area (Å²) < 4.78 is 4.92. The molecule has 0 aromatic heterocycles. The van der Waals surface area contributed by atoms with Crippen molar-refractivity contribution in [2.24, 2.45) is 0 Å². The molecule has 0 saturated carbocycles. The summed E-state index contributed by atoms with van der Waals surface area (Å²) in [7, 11) is 0. The van der Waals surface area contributed by atoms with Crippen molar-refractivity contribution in [2.75, 3.05) is 11.9 Å². The second-order valence-electron chi connectivity index (χ2n) is 5.55. The first-order chi connectivity index (χ1) is 13.4.